The number of hydrogen-bond donors (Lipinski definition) is 0. The standard InChI is InChI=1S/C31H27F3N4/c1-29(2,25-17-11-19-28(36-25)38-21-20-27(37-38)31(32,33)34)24-16-10-18-26(35-24)30(3,22-12-6-4-7-13-22)23-14-8-5-9-15-23/h4-21H,1-3H3. The van der Waals surface area contributed by atoms with Crippen LogP contribution >= 0.6 is 0 Å². The average Bonchev–Trinajstić information content (AvgIpc) is 3.45. The molecule has 0 spiro atoms. The first kappa shape index (κ1) is 25.4. The van der Waals surface area contributed by atoms with E-state index in [2.05, 4.69) is 41.3 Å². The third kappa shape index (κ3) is 4.60. The van der Waals surface area contributed by atoms with Crippen molar-refractivity contribution in [1.29, 1.82) is 0 Å². The molecule has 0 radical (unpaired) electrons. The summed E-state index contributed by atoms with van der Waals surface area (Å²) in [4.78, 5) is 9.86. The summed E-state index contributed by atoms with van der Waals surface area (Å²) in [5.41, 5.74) is 2.49. The molecule has 0 saturated heterocycles. The Morgan fingerprint density at radius 2 is 1.08 bits per heavy atom. The molecular formula is C31H27F3N4. The first-order valence-corrected chi connectivity index (χ1v) is 12.3. The fourth-order valence-electron chi connectivity index (χ4n) is 4.70. The molecular weight excluding hydrogens is 485 g/mol. The Kier molecular flexibility index (Phi) is 6.39. The topological polar surface area (TPSA) is 43.6 Å². The smallest absolute Gasteiger partial charge is 0.256 e. The number of hydrogen-bond acceptors (Lipinski definition) is 3. The van der Waals surface area contributed by atoms with Crippen molar-refractivity contribution >= 4 is 0 Å². The monoisotopic (exact) mass is 512 g/mol. The van der Waals surface area contributed by atoms with E-state index < -0.39 is 22.7 Å². The third-order valence-electron chi connectivity index (χ3n) is 7.09. The normalized spacial score (nSPS) is 12.5. The summed E-state index contributed by atoms with van der Waals surface area (Å²) in [5, 5.41) is 3.67. The SMILES string of the molecule is CC(C)(c1cccc(-n2ccc(C(F)(F)F)n2)n1)c1cccc(C(C)(c2ccccc2)c2ccccc2)n1. The molecule has 3 heterocycles. The minimum absolute atomic E-state index is 0.306. The summed E-state index contributed by atoms with van der Waals surface area (Å²) in [6.45, 7) is 6.20. The molecule has 0 aliphatic carbocycles. The highest BCUT2D eigenvalue weighted by molar-refractivity contribution is 5.48. The highest BCUT2D eigenvalue weighted by Crippen LogP contribution is 2.39. The van der Waals surface area contributed by atoms with E-state index >= 15 is 0 Å². The number of aromatic nitrogens is 4. The van der Waals surface area contributed by atoms with Crippen LogP contribution in [0.4, 0.5) is 13.2 Å². The molecule has 3 aromatic heterocycles. The predicted octanol–water partition coefficient (Wildman–Crippen LogP) is 7.36. The second kappa shape index (κ2) is 9.56. The van der Waals surface area contributed by atoms with Crippen LogP contribution < -0.4 is 0 Å². The maximum absolute atomic E-state index is 13.1. The third-order valence-corrected chi connectivity index (χ3v) is 7.09. The highest BCUT2D eigenvalue weighted by Gasteiger charge is 2.35. The van der Waals surface area contributed by atoms with Crippen LogP contribution in [0.1, 0.15) is 54.7 Å². The van der Waals surface area contributed by atoms with Gasteiger partial charge in [-0.15, -0.1) is 0 Å². The number of pyridine rings is 2. The van der Waals surface area contributed by atoms with E-state index in [0.717, 1.165) is 33.3 Å². The maximum atomic E-state index is 13.1. The molecule has 5 rings (SSSR count). The van der Waals surface area contributed by atoms with Gasteiger partial charge in [-0.05, 0) is 62.2 Å². The number of halogens is 3. The van der Waals surface area contributed by atoms with Crippen LogP contribution in [0.3, 0.4) is 0 Å². The Morgan fingerprint density at radius 3 is 1.63 bits per heavy atom. The molecule has 0 fully saturated rings. The minimum atomic E-state index is -4.52. The quantitative estimate of drug-likeness (QED) is 0.239. The molecule has 0 saturated carbocycles. The Morgan fingerprint density at radius 1 is 0.553 bits per heavy atom. The predicted molar refractivity (Wildman–Crippen MR) is 141 cm³/mol. The van der Waals surface area contributed by atoms with Crippen molar-refractivity contribution in [1.82, 2.24) is 19.7 Å². The Hall–Kier alpha value is -4.26. The van der Waals surface area contributed by atoms with Gasteiger partial charge in [-0.1, -0.05) is 72.8 Å². The lowest BCUT2D eigenvalue weighted by molar-refractivity contribution is -0.141. The van der Waals surface area contributed by atoms with Crippen LogP contribution in [-0.2, 0) is 17.0 Å². The van der Waals surface area contributed by atoms with Crippen LogP contribution in [0.15, 0.2) is 109 Å². The van der Waals surface area contributed by atoms with Crippen molar-refractivity contribution in [2.45, 2.75) is 37.8 Å². The van der Waals surface area contributed by atoms with Crippen LogP contribution in [0, 0.1) is 0 Å². The first-order valence-electron chi connectivity index (χ1n) is 12.3. The van der Waals surface area contributed by atoms with Crippen LogP contribution in [0.5, 0.6) is 0 Å². The van der Waals surface area contributed by atoms with E-state index in [0.29, 0.717) is 11.5 Å². The van der Waals surface area contributed by atoms with Gasteiger partial charge in [0.25, 0.3) is 0 Å². The van der Waals surface area contributed by atoms with Gasteiger partial charge in [0.2, 0.25) is 0 Å². The largest absolute Gasteiger partial charge is 0.435 e. The van der Waals surface area contributed by atoms with Crippen molar-refractivity contribution in [3.05, 3.63) is 143 Å². The summed E-state index contributed by atoms with van der Waals surface area (Å²) < 4.78 is 40.4. The Labute approximate surface area is 219 Å². The zero-order valence-electron chi connectivity index (χ0n) is 21.3. The van der Waals surface area contributed by atoms with Gasteiger partial charge in [0.1, 0.15) is 0 Å². The fraction of sp³-hybridized carbons (Fsp3) is 0.194. The average molecular weight is 513 g/mol. The van der Waals surface area contributed by atoms with E-state index in [4.69, 9.17) is 4.98 Å². The summed E-state index contributed by atoms with van der Waals surface area (Å²) in [5.74, 6) is 0.306. The van der Waals surface area contributed by atoms with E-state index in [1.807, 2.05) is 74.5 Å². The number of alkyl halides is 3. The molecule has 7 heteroatoms. The van der Waals surface area contributed by atoms with Crippen molar-refractivity contribution < 1.29 is 13.2 Å². The second-order valence-electron chi connectivity index (χ2n) is 9.91. The van der Waals surface area contributed by atoms with Crippen molar-refractivity contribution in [2.24, 2.45) is 0 Å². The molecule has 2 aromatic carbocycles. The molecule has 0 amide bonds. The number of benzene rings is 2. The van der Waals surface area contributed by atoms with E-state index in [1.54, 1.807) is 12.1 Å². The minimum Gasteiger partial charge on any atom is -0.256 e. The molecule has 38 heavy (non-hydrogen) atoms. The molecule has 0 aliphatic heterocycles. The van der Waals surface area contributed by atoms with Gasteiger partial charge < -0.3 is 0 Å². The summed E-state index contributed by atoms with van der Waals surface area (Å²) >= 11 is 0. The molecule has 192 valence electrons. The molecule has 0 unspecified atom stereocenters. The van der Waals surface area contributed by atoms with Gasteiger partial charge in [0.05, 0.1) is 22.5 Å². The van der Waals surface area contributed by atoms with Crippen molar-refractivity contribution in [3.8, 4) is 5.82 Å². The molecule has 0 N–H and O–H groups in total. The van der Waals surface area contributed by atoms with Crippen molar-refractivity contribution in [3.63, 3.8) is 0 Å². The van der Waals surface area contributed by atoms with Gasteiger partial charge >= 0.3 is 6.18 Å². The lowest BCUT2D eigenvalue weighted by atomic mass is 9.73. The van der Waals surface area contributed by atoms with E-state index in [-0.39, 0.29) is 0 Å². The van der Waals surface area contributed by atoms with E-state index in [1.165, 1.54) is 6.20 Å². The van der Waals surface area contributed by atoms with Crippen LogP contribution in [0.2, 0.25) is 0 Å². The number of nitrogens with zero attached hydrogens (tertiary/aromatic N) is 4. The lowest BCUT2D eigenvalue weighted by Gasteiger charge is -2.32. The van der Waals surface area contributed by atoms with Gasteiger partial charge in [-0.3, -0.25) is 4.98 Å². The summed E-state index contributed by atoms with van der Waals surface area (Å²) in [6.07, 6.45) is -3.25. The van der Waals surface area contributed by atoms with Gasteiger partial charge in [0.15, 0.2) is 11.5 Å². The maximum Gasteiger partial charge on any atom is 0.435 e. The number of rotatable bonds is 6. The van der Waals surface area contributed by atoms with E-state index in [9.17, 15) is 13.2 Å². The van der Waals surface area contributed by atoms with Crippen LogP contribution in [0.25, 0.3) is 5.82 Å². The van der Waals surface area contributed by atoms with Gasteiger partial charge in [-0.25, -0.2) is 9.67 Å². The molecule has 4 nitrogen and oxygen atoms in total. The Bertz CT molecular complexity index is 1500. The highest BCUT2D eigenvalue weighted by atomic mass is 19.4. The first-order chi connectivity index (χ1) is 18.1. The van der Waals surface area contributed by atoms with Gasteiger partial charge in [-0.2, -0.15) is 18.3 Å². The zero-order chi connectivity index (χ0) is 27.0. The second-order valence-corrected chi connectivity index (χ2v) is 9.91. The molecule has 0 atom stereocenters. The summed E-state index contributed by atoms with van der Waals surface area (Å²) in [7, 11) is 0. The Balaban J connectivity index is 1.57. The molecule has 0 aliphatic rings. The lowest BCUT2D eigenvalue weighted by Crippen LogP contribution is -2.29. The zero-order valence-corrected chi connectivity index (χ0v) is 21.3. The summed E-state index contributed by atoms with van der Waals surface area (Å²) in [6, 6.07) is 32.7. The van der Waals surface area contributed by atoms with Gasteiger partial charge in [0, 0.05) is 11.6 Å². The van der Waals surface area contributed by atoms with Crippen LogP contribution in [-0.4, -0.2) is 19.7 Å². The van der Waals surface area contributed by atoms with Crippen molar-refractivity contribution in [2.75, 3.05) is 0 Å². The fourth-order valence-corrected chi connectivity index (χ4v) is 4.70. The molecule has 5 aromatic rings. The molecule has 0 bridgehead atoms.